The van der Waals surface area contributed by atoms with Crippen molar-refractivity contribution >= 4 is 5.91 Å². The number of carbonyl (C=O) groups is 1. The average molecular weight is 238 g/mol. The molecule has 17 heavy (non-hydrogen) atoms. The van der Waals surface area contributed by atoms with E-state index in [2.05, 4.69) is 17.1 Å². The summed E-state index contributed by atoms with van der Waals surface area (Å²) >= 11 is 0. The number of rotatable bonds is 1. The summed E-state index contributed by atoms with van der Waals surface area (Å²) in [5, 5.41) is 3.40. The molecule has 0 aromatic rings. The Balaban J connectivity index is 1.87. The van der Waals surface area contributed by atoms with Gasteiger partial charge in [-0.05, 0) is 19.8 Å². The monoisotopic (exact) mass is 238 g/mol. The Kier molecular flexibility index (Phi) is 4.84. The highest BCUT2D eigenvalue weighted by atomic mass is 16.2. The maximum Gasteiger partial charge on any atom is 0.225 e. The predicted molar refractivity (Wildman–Crippen MR) is 69.9 cm³/mol. The topological polar surface area (TPSA) is 32.3 Å². The molecule has 1 N–H and O–H groups in total. The molecule has 1 saturated carbocycles. The van der Waals surface area contributed by atoms with E-state index in [-0.39, 0.29) is 0 Å². The van der Waals surface area contributed by atoms with Crippen molar-refractivity contribution in [3.8, 4) is 0 Å². The van der Waals surface area contributed by atoms with E-state index in [1.807, 2.05) is 0 Å². The zero-order valence-corrected chi connectivity index (χ0v) is 11.1. The van der Waals surface area contributed by atoms with Crippen molar-refractivity contribution in [2.45, 2.75) is 57.9 Å². The summed E-state index contributed by atoms with van der Waals surface area (Å²) < 4.78 is 0. The summed E-state index contributed by atoms with van der Waals surface area (Å²) in [6.45, 7) is 4.92. The van der Waals surface area contributed by atoms with Crippen molar-refractivity contribution in [2.75, 3.05) is 19.6 Å². The fraction of sp³-hybridized carbons (Fsp3) is 0.929. The van der Waals surface area contributed by atoms with Gasteiger partial charge in [0.25, 0.3) is 0 Å². The Morgan fingerprint density at radius 3 is 2.41 bits per heavy atom. The van der Waals surface area contributed by atoms with Gasteiger partial charge in [-0.2, -0.15) is 0 Å². The fourth-order valence-electron chi connectivity index (χ4n) is 3.09. The minimum atomic E-state index is 0.320. The summed E-state index contributed by atoms with van der Waals surface area (Å²) in [6.07, 6.45) is 8.75. The van der Waals surface area contributed by atoms with E-state index >= 15 is 0 Å². The molecule has 1 aliphatic heterocycles. The number of amides is 1. The minimum Gasteiger partial charge on any atom is -0.340 e. The van der Waals surface area contributed by atoms with Gasteiger partial charge in [-0.3, -0.25) is 4.79 Å². The first-order chi connectivity index (χ1) is 8.27. The van der Waals surface area contributed by atoms with E-state index < -0.39 is 0 Å². The number of piperazine rings is 1. The molecule has 1 heterocycles. The van der Waals surface area contributed by atoms with Crippen LogP contribution in [-0.4, -0.2) is 36.5 Å². The molecule has 1 amide bonds. The zero-order chi connectivity index (χ0) is 12.1. The Labute approximate surface area is 105 Å². The van der Waals surface area contributed by atoms with Gasteiger partial charge in [0.2, 0.25) is 5.91 Å². The van der Waals surface area contributed by atoms with Crippen LogP contribution >= 0.6 is 0 Å². The van der Waals surface area contributed by atoms with Gasteiger partial charge < -0.3 is 10.2 Å². The van der Waals surface area contributed by atoms with Gasteiger partial charge in [-0.25, -0.2) is 0 Å². The number of hydrogen-bond acceptors (Lipinski definition) is 2. The van der Waals surface area contributed by atoms with Gasteiger partial charge >= 0.3 is 0 Å². The quantitative estimate of drug-likeness (QED) is 0.759. The second-order valence-corrected chi connectivity index (χ2v) is 5.68. The molecular weight excluding hydrogens is 212 g/mol. The maximum atomic E-state index is 12.5. The van der Waals surface area contributed by atoms with E-state index in [4.69, 9.17) is 0 Å². The van der Waals surface area contributed by atoms with Crippen LogP contribution in [0.15, 0.2) is 0 Å². The molecule has 0 unspecified atom stereocenters. The predicted octanol–water partition coefficient (Wildman–Crippen LogP) is 2.17. The lowest BCUT2D eigenvalue weighted by atomic mass is 9.90. The maximum absolute atomic E-state index is 12.5. The van der Waals surface area contributed by atoms with Gasteiger partial charge in [-0.1, -0.05) is 32.1 Å². The van der Waals surface area contributed by atoms with E-state index in [0.717, 1.165) is 32.5 Å². The van der Waals surface area contributed by atoms with Crippen LogP contribution in [0.4, 0.5) is 0 Å². The standard InChI is InChI=1S/C14H26N2O/c1-12-11-16(10-9-15-12)14(17)13-7-5-3-2-4-6-8-13/h12-13,15H,2-11H2,1H3/t12-/m0/s1. The molecule has 1 aliphatic carbocycles. The second kappa shape index (κ2) is 6.39. The molecule has 3 nitrogen and oxygen atoms in total. The van der Waals surface area contributed by atoms with Crippen molar-refractivity contribution in [2.24, 2.45) is 5.92 Å². The Bertz CT molecular complexity index is 247. The number of hydrogen-bond donors (Lipinski definition) is 1. The lowest BCUT2D eigenvalue weighted by Gasteiger charge is -2.34. The normalized spacial score (nSPS) is 28.5. The van der Waals surface area contributed by atoms with Crippen LogP contribution in [0.25, 0.3) is 0 Å². The first-order valence-electron chi connectivity index (χ1n) is 7.29. The zero-order valence-electron chi connectivity index (χ0n) is 11.1. The summed E-state index contributed by atoms with van der Waals surface area (Å²) in [6, 6.07) is 0.459. The smallest absolute Gasteiger partial charge is 0.225 e. The largest absolute Gasteiger partial charge is 0.340 e. The van der Waals surface area contributed by atoms with Gasteiger partial charge in [0.1, 0.15) is 0 Å². The molecule has 2 fully saturated rings. The van der Waals surface area contributed by atoms with Gasteiger partial charge in [0.15, 0.2) is 0 Å². The van der Waals surface area contributed by atoms with Crippen molar-refractivity contribution < 1.29 is 4.79 Å². The molecule has 98 valence electrons. The summed E-state index contributed by atoms with van der Waals surface area (Å²) in [4.78, 5) is 14.6. The SMILES string of the molecule is C[C@H]1CN(C(=O)C2CCCCCCC2)CCN1. The van der Waals surface area contributed by atoms with Crippen LogP contribution in [0.5, 0.6) is 0 Å². The lowest BCUT2D eigenvalue weighted by molar-refractivity contribution is -0.137. The highest BCUT2D eigenvalue weighted by molar-refractivity contribution is 5.79. The van der Waals surface area contributed by atoms with Crippen molar-refractivity contribution in [3.05, 3.63) is 0 Å². The molecule has 0 spiro atoms. The van der Waals surface area contributed by atoms with Crippen LogP contribution in [0, 0.1) is 5.92 Å². The molecule has 0 radical (unpaired) electrons. The summed E-state index contributed by atoms with van der Waals surface area (Å²) in [5.41, 5.74) is 0. The van der Waals surface area contributed by atoms with Crippen LogP contribution in [0.1, 0.15) is 51.9 Å². The molecule has 2 rings (SSSR count). The molecule has 0 bridgehead atoms. The third-order valence-corrected chi connectivity index (χ3v) is 4.13. The van der Waals surface area contributed by atoms with Crippen molar-refractivity contribution in [3.63, 3.8) is 0 Å². The van der Waals surface area contributed by atoms with E-state index in [1.54, 1.807) is 0 Å². The molecule has 0 aromatic heterocycles. The Morgan fingerprint density at radius 1 is 1.12 bits per heavy atom. The summed E-state index contributed by atoms with van der Waals surface area (Å²) in [7, 11) is 0. The van der Waals surface area contributed by atoms with Crippen molar-refractivity contribution in [1.29, 1.82) is 0 Å². The van der Waals surface area contributed by atoms with E-state index in [1.165, 1.54) is 32.1 Å². The minimum absolute atomic E-state index is 0.320. The van der Waals surface area contributed by atoms with Crippen molar-refractivity contribution in [1.82, 2.24) is 10.2 Å². The Hall–Kier alpha value is -0.570. The van der Waals surface area contributed by atoms with Crippen LogP contribution in [-0.2, 0) is 4.79 Å². The molecule has 3 heteroatoms. The van der Waals surface area contributed by atoms with E-state index in [0.29, 0.717) is 17.9 Å². The van der Waals surface area contributed by atoms with E-state index in [9.17, 15) is 4.79 Å². The first-order valence-corrected chi connectivity index (χ1v) is 7.29. The third-order valence-electron chi connectivity index (χ3n) is 4.13. The number of nitrogens with zero attached hydrogens (tertiary/aromatic N) is 1. The number of carbonyl (C=O) groups excluding carboxylic acids is 1. The molecule has 2 aliphatic rings. The highest BCUT2D eigenvalue weighted by Crippen LogP contribution is 2.24. The second-order valence-electron chi connectivity index (χ2n) is 5.68. The lowest BCUT2D eigenvalue weighted by Crippen LogP contribution is -2.52. The first kappa shape index (κ1) is 12.9. The van der Waals surface area contributed by atoms with Crippen LogP contribution in [0.3, 0.4) is 0 Å². The van der Waals surface area contributed by atoms with Crippen LogP contribution in [0.2, 0.25) is 0 Å². The summed E-state index contributed by atoms with van der Waals surface area (Å²) in [5.74, 6) is 0.751. The van der Waals surface area contributed by atoms with Crippen LogP contribution < -0.4 is 5.32 Å². The molecular formula is C14H26N2O. The highest BCUT2D eigenvalue weighted by Gasteiger charge is 2.27. The molecule has 0 aromatic carbocycles. The average Bonchev–Trinajstić information content (AvgIpc) is 2.28. The van der Waals surface area contributed by atoms with Gasteiger partial charge in [0, 0.05) is 31.6 Å². The Morgan fingerprint density at radius 2 is 1.76 bits per heavy atom. The molecule has 1 saturated heterocycles. The van der Waals surface area contributed by atoms with Gasteiger partial charge in [0.05, 0.1) is 0 Å². The molecule has 1 atom stereocenters. The fourth-order valence-corrected chi connectivity index (χ4v) is 3.09. The van der Waals surface area contributed by atoms with Gasteiger partial charge in [-0.15, -0.1) is 0 Å². The number of nitrogens with one attached hydrogen (secondary N) is 1. The third kappa shape index (κ3) is 3.70.